The van der Waals surface area contributed by atoms with Gasteiger partial charge in [-0.05, 0) is 47.1 Å². The first-order chi connectivity index (χ1) is 9.33. The average molecular weight is 274 g/mol. The van der Waals surface area contributed by atoms with Gasteiger partial charge in [-0.25, -0.2) is 0 Å². The molecule has 3 atom stereocenters. The van der Waals surface area contributed by atoms with Gasteiger partial charge in [0.05, 0.1) is 6.04 Å². The molecule has 2 aromatic rings. The molecule has 1 saturated carbocycles. The van der Waals surface area contributed by atoms with Crippen LogP contribution in [0.1, 0.15) is 44.2 Å². The van der Waals surface area contributed by atoms with Crippen molar-refractivity contribution in [2.24, 2.45) is 17.7 Å². The van der Waals surface area contributed by atoms with Crippen molar-refractivity contribution >= 4 is 21.4 Å². The van der Waals surface area contributed by atoms with E-state index < -0.39 is 0 Å². The second-order valence-electron chi connectivity index (χ2n) is 5.68. The van der Waals surface area contributed by atoms with Crippen molar-refractivity contribution in [3.05, 3.63) is 35.2 Å². The number of thiophene rings is 1. The maximum absolute atomic E-state index is 5.89. The van der Waals surface area contributed by atoms with Crippen LogP contribution in [-0.4, -0.2) is 0 Å². The summed E-state index contributed by atoms with van der Waals surface area (Å²) in [6, 6.07) is 9.08. The van der Waals surface area contributed by atoms with Gasteiger partial charge in [0, 0.05) is 4.70 Å². The van der Waals surface area contributed by atoms with Crippen LogP contribution in [-0.2, 0) is 0 Å². The van der Waals surface area contributed by atoms with Crippen LogP contribution in [0.2, 0.25) is 0 Å². The number of hydrazine groups is 1. The lowest BCUT2D eigenvalue weighted by atomic mass is 9.90. The van der Waals surface area contributed by atoms with Crippen molar-refractivity contribution in [2.75, 3.05) is 0 Å². The first kappa shape index (κ1) is 13.1. The fraction of sp³-hybridized carbons (Fsp3) is 0.500. The zero-order valence-corrected chi connectivity index (χ0v) is 12.2. The van der Waals surface area contributed by atoms with E-state index in [-0.39, 0.29) is 0 Å². The number of benzene rings is 1. The highest BCUT2D eigenvalue weighted by Crippen LogP contribution is 2.42. The van der Waals surface area contributed by atoms with Crippen LogP contribution in [0.25, 0.3) is 10.1 Å². The smallest absolute Gasteiger partial charge is 0.0502 e. The SMILES string of the molecule is CCC1CCC(C(NN)c2cccc3ccsc23)C1. The Balaban J connectivity index is 1.92. The average Bonchev–Trinajstić information content (AvgIpc) is 3.08. The second-order valence-corrected chi connectivity index (χ2v) is 6.59. The summed E-state index contributed by atoms with van der Waals surface area (Å²) in [4.78, 5) is 0. The summed E-state index contributed by atoms with van der Waals surface area (Å²) in [5.74, 6) is 7.46. The molecule has 0 spiro atoms. The molecule has 19 heavy (non-hydrogen) atoms. The Morgan fingerprint density at radius 2 is 2.26 bits per heavy atom. The van der Waals surface area contributed by atoms with Crippen molar-refractivity contribution in [3.8, 4) is 0 Å². The predicted octanol–water partition coefficient (Wildman–Crippen LogP) is 4.23. The van der Waals surface area contributed by atoms with Gasteiger partial charge >= 0.3 is 0 Å². The molecule has 3 heteroatoms. The van der Waals surface area contributed by atoms with Crippen LogP contribution in [0.5, 0.6) is 0 Å². The second kappa shape index (κ2) is 5.61. The summed E-state index contributed by atoms with van der Waals surface area (Å²) in [5, 5.41) is 3.51. The summed E-state index contributed by atoms with van der Waals surface area (Å²) in [6.07, 6.45) is 5.28. The van der Waals surface area contributed by atoms with E-state index in [9.17, 15) is 0 Å². The van der Waals surface area contributed by atoms with Gasteiger partial charge in [-0.15, -0.1) is 11.3 Å². The first-order valence-corrected chi connectivity index (χ1v) is 8.13. The lowest BCUT2D eigenvalue weighted by Gasteiger charge is -2.24. The minimum absolute atomic E-state index is 0.305. The summed E-state index contributed by atoms with van der Waals surface area (Å²) in [5.41, 5.74) is 4.48. The maximum Gasteiger partial charge on any atom is 0.0502 e. The van der Waals surface area contributed by atoms with Gasteiger partial charge in [0.2, 0.25) is 0 Å². The standard InChI is InChI=1S/C16H22N2S/c1-2-11-6-7-13(10-11)15(18-17)14-5-3-4-12-8-9-19-16(12)14/h3-5,8-9,11,13,15,18H,2,6-7,10,17H2,1H3. The number of hydrogen-bond donors (Lipinski definition) is 2. The van der Waals surface area contributed by atoms with Gasteiger partial charge in [0.15, 0.2) is 0 Å². The van der Waals surface area contributed by atoms with Crippen LogP contribution in [0.15, 0.2) is 29.6 Å². The van der Waals surface area contributed by atoms with E-state index in [4.69, 9.17) is 5.84 Å². The molecule has 3 rings (SSSR count). The van der Waals surface area contributed by atoms with Gasteiger partial charge in [0.1, 0.15) is 0 Å². The van der Waals surface area contributed by atoms with Gasteiger partial charge in [-0.2, -0.15) is 0 Å². The molecular formula is C16H22N2S. The van der Waals surface area contributed by atoms with Gasteiger partial charge in [-0.1, -0.05) is 38.0 Å². The molecule has 0 amide bonds. The van der Waals surface area contributed by atoms with E-state index in [1.807, 2.05) is 11.3 Å². The summed E-state index contributed by atoms with van der Waals surface area (Å²) >= 11 is 1.83. The molecule has 2 nitrogen and oxygen atoms in total. The molecule has 3 N–H and O–H groups in total. The monoisotopic (exact) mass is 274 g/mol. The normalized spacial score (nSPS) is 24.9. The number of fused-ring (bicyclic) bond motifs is 1. The molecule has 3 unspecified atom stereocenters. The number of hydrogen-bond acceptors (Lipinski definition) is 3. The van der Waals surface area contributed by atoms with Crippen molar-refractivity contribution in [3.63, 3.8) is 0 Å². The Bertz CT molecular complexity index is 548. The third-order valence-corrected chi connectivity index (χ3v) is 5.63. The lowest BCUT2D eigenvalue weighted by molar-refractivity contribution is 0.360. The largest absolute Gasteiger partial charge is 0.271 e. The van der Waals surface area contributed by atoms with Gasteiger partial charge in [-0.3, -0.25) is 11.3 Å². The third kappa shape index (κ3) is 2.42. The van der Waals surface area contributed by atoms with E-state index in [0.29, 0.717) is 12.0 Å². The Morgan fingerprint density at radius 1 is 1.37 bits per heavy atom. The van der Waals surface area contributed by atoms with E-state index in [2.05, 4.69) is 42.0 Å². The zero-order chi connectivity index (χ0) is 13.2. The minimum atomic E-state index is 0.305. The minimum Gasteiger partial charge on any atom is -0.271 e. The van der Waals surface area contributed by atoms with Crippen molar-refractivity contribution < 1.29 is 0 Å². The summed E-state index contributed by atoms with van der Waals surface area (Å²) in [6.45, 7) is 2.30. The molecule has 0 radical (unpaired) electrons. The van der Waals surface area contributed by atoms with Crippen molar-refractivity contribution in [1.82, 2.24) is 5.43 Å². The molecule has 1 aromatic heterocycles. The van der Waals surface area contributed by atoms with E-state index in [1.165, 1.54) is 41.3 Å². The first-order valence-electron chi connectivity index (χ1n) is 7.25. The van der Waals surface area contributed by atoms with Crippen molar-refractivity contribution in [1.29, 1.82) is 0 Å². The Hall–Kier alpha value is -0.900. The number of nitrogens with one attached hydrogen (secondary N) is 1. The Morgan fingerprint density at radius 3 is 3.00 bits per heavy atom. The quantitative estimate of drug-likeness (QED) is 0.646. The highest BCUT2D eigenvalue weighted by atomic mass is 32.1. The van der Waals surface area contributed by atoms with E-state index in [1.54, 1.807) is 0 Å². The predicted molar refractivity (Wildman–Crippen MR) is 83.0 cm³/mol. The van der Waals surface area contributed by atoms with Crippen molar-refractivity contribution in [2.45, 2.75) is 38.6 Å². The Kier molecular flexibility index (Phi) is 3.87. The highest BCUT2D eigenvalue weighted by Gasteiger charge is 2.31. The molecule has 0 saturated heterocycles. The van der Waals surface area contributed by atoms with E-state index >= 15 is 0 Å². The fourth-order valence-electron chi connectivity index (χ4n) is 3.53. The molecule has 1 aromatic carbocycles. The fourth-order valence-corrected chi connectivity index (χ4v) is 4.48. The molecular weight excluding hydrogens is 252 g/mol. The van der Waals surface area contributed by atoms with Gasteiger partial charge in [0.25, 0.3) is 0 Å². The number of rotatable bonds is 4. The molecule has 0 bridgehead atoms. The summed E-state index contributed by atoms with van der Waals surface area (Å²) < 4.78 is 1.39. The van der Waals surface area contributed by atoms with Crippen LogP contribution < -0.4 is 11.3 Å². The highest BCUT2D eigenvalue weighted by molar-refractivity contribution is 7.17. The van der Waals surface area contributed by atoms with E-state index in [0.717, 1.165) is 5.92 Å². The van der Waals surface area contributed by atoms with Crippen LogP contribution in [0.4, 0.5) is 0 Å². The molecule has 1 heterocycles. The molecule has 102 valence electrons. The number of nitrogens with two attached hydrogens (primary N) is 1. The molecule has 1 aliphatic rings. The molecule has 1 aliphatic carbocycles. The summed E-state index contributed by atoms with van der Waals surface area (Å²) in [7, 11) is 0. The van der Waals surface area contributed by atoms with Gasteiger partial charge < -0.3 is 0 Å². The zero-order valence-electron chi connectivity index (χ0n) is 11.4. The molecule has 1 fully saturated rings. The maximum atomic E-state index is 5.89. The van der Waals surface area contributed by atoms with Crippen LogP contribution in [0, 0.1) is 11.8 Å². The molecule has 0 aliphatic heterocycles. The van der Waals surface area contributed by atoms with Crippen LogP contribution in [0.3, 0.4) is 0 Å². The Labute approximate surface area is 119 Å². The topological polar surface area (TPSA) is 38.0 Å². The van der Waals surface area contributed by atoms with Crippen LogP contribution >= 0.6 is 11.3 Å². The third-order valence-electron chi connectivity index (χ3n) is 4.65. The lowest BCUT2D eigenvalue weighted by Crippen LogP contribution is -2.32.